The number of alkyl halides is 7. The van der Waals surface area contributed by atoms with Crippen molar-refractivity contribution in [2.75, 3.05) is 7.11 Å². The molecule has 21 heavy (non-hydrogen) atoms. The van der Waals surface area contributed by atoms with Gasteiger partial charge in [-0.2, -0.15) is 26.3 Å². The minimum atomic E-state index is -5.48. The number of benzene rings is 1. The average molecular weight is 464 g/mol. The Morgan fingerprint density at radius 3 is 1.95 bits per heavy atom. The van der Waals surface area contributed by atoms with Gasteiger partial charge >= 0.3 is 12.4 Å². The molecule has 120 valence electrons. The van der Waals surface area contributed by atoms with Crippen LogP contribution in [0.2, 0.25) is 5.02 Å². The van der Waals surface area contributed by atoms with Gasteiger partial charge in [0.15, 0.2) is 5.92 Å². The van der Waals surface area contributed by atoms with E-state index < -0.39 is 23.1 Å². The zero-order chi connectivity index (χ0) is 16.6. The van der Waals surface area contributed by atoms with Crippen LogP contribution in [-0.4, -0.2) is 19.5 Å². The largest absolute Gasteiger partial charge is 0.495 e. The Balaban J connectivity index is 3.44. The molecule has 0 aromatic heterocycles. The molecule has 0 heterocycles. The molecule has 1 nitrogen and oxygen atoms in total. The van der Waals surface area contributed by atoms with Gasteiger partial charge < -0.3 is 4.74 Å². The third-order valence-electron chi connectivity index (χ3n) is 2.54. The van der Waals surface area contributed by atoms with E-state index in [1.807, 2.05) is 0 Å². The van der Waals surface area contributed by atoms with Crippen molar-refractivity contribution < 1.29 is 31.1 Å². The number of halogens is 9. The number of methoxy groups -OCH3 is 1. The molecule has 0 amide bonds. The molecule has 1 aromatic rings. The third-order valence-corrected chi connectivity index (χ3v) is 4.37. The van der Waals surface area contributed by atoms with E-state index in [0.29, 0.717) is 0 Å². The van der Waals surface area contributed by atoms with E-state index in [1.54, 1.807) is 0 Å². The lowest BCUT2D eigenvalue weighted by atomic mass is 9.97. The summed E-state index contributed by atoms with van der Waals surface area (Å²) in [7, 11) is 1.13. The zero-order valence-electron chi connectivity index (χ0n) is 10.1. The van der Waals surface area contributed by atoms with Crippen LogP contribution >= 0.6 is 43.5 Å². The molecule has 0 radical (unpaired) electrons. The summed E-state index contributed by atoms with van der Waals surface area (Å²) in [5, 5.41) is -0.0229. The predicted molar refractivity (Wildman–Crippen MR) is 73.0 cm³/mol. The SMILES string of the molecule is COc1c(Br)cc(Cl)cc1C(Br)C(C(F)(F)F)C(F)(F)F. The highest BCUT2D eigenvalue weighted by Crippen LogP contribution is 2.52. The van der Waals surface area contributed by atoms with Gasteiger partial charge in [0.2, 0.25) is 0 Å². The molecule has 1 unspecified atom stereocenters. The second-order valence-corrected chi connectivity index (χ2v) is 6.25. The van der Waals surface area contributed by atoms with Crippen molar-refractivity contribution in [2.45, 2.75) is 17.2 Å². The van der Waals surface area contributed by atoms with E-state index >= 15 is 0 Å². The minimum Gasteiger partial charge on any atom is -0.495 e. The van der Waals surface area contributed by atoms with Crippen LogP contribution in [-0.2, 0) is 0 Å². The van der Waals surface area contributed by atoms with Gasteiger partial charge in [0.25, 0.3) is 0 Å². The quantitative estimate of drug-likeness (QED) is 0.378. The highest BCUT2D eigenvalue weighted by Gasteiger charge is 2.60. The van der Waals surface area contributed by atoms with E-state index in [9.17, 15) is 26.3 Å². The molecule has 0 fully saturated rings. The van der Waals surface area contributed by atoms with Crippen LogP contribution < -0.4 is 4.74 Å². The summed E-state index contributed by atoms with van der Waals surface area (Å²) < 4.78 is 81.5. The molecule has 0 N–H and O–H groups in total. The average Bonchev–Trinajstić information content (AvgIpc) is 2.23. The Morgan fingerprint density at radius 1 is 1.10 bits per heavy atom. The van der Waals surface area contributed by atoms with E-state index in [4.69, 9.17) is 16.3 Å². The van der Waals surface area contributed by atoms with Crippen molar-refractivity contribution in [1.82, 2.24) is 0 Å². The lowest BCUT2D eigenvalue weighted by Gasteiger charge is -2.28. The summed E-state index contributed by atoms with van der Waals surface area (Å²) in [5.74, 6) is -3.75. The Morgan fingerprint density at radius 2 is 1.57 bits per heavy atom. The standard InChI is InChI=1S/C11H7Br2ClF6O/c1-21-8-5(2-4(14)3-6(8)12)7(13)9(10(15,16)17)11(18,19)20/h2-3,7,9H,1H3. The van der Waals surface area contributed by atoms with Crippen molar-refractivity contribution in [2.24, 2.45) is 5.92 Å². The normalized spacial score (nSPS) is 14.4. The Bertz CT molecular complexity index is 503. The smallest absolute Gasteiger partial charge is 0.401 e. The minimum absolute atomic E-state index is 0.0229. The molecule has 0 bridgehead atoms. The summed E-state index contributed by atoms with van der Waals surface area (Å²) in [4.78, 5) is -2.09. The van der Waals surface area contributed by atoms with E-state index in [2.05, 4.69) is 31.9 Å². The van der Waals surface area contributed by atoms with Crippen molar-refractivity contribution in [3.8, 4) is 5.75 Å². The van der Waals surface area contributed by atoms with Crippen LogP contribution in [0.3, 0.4) is 0 Å². The maximum Gasteiger partial charge on any atom is 0.401 e. The van der Waals surface area contributed by atoms with Gasteiger partial charge in [-0.1, -0.05) is 27.5 Å². The molecule has 0 aliphatic rings. The molecule has 10 heteroatoms. The summed E-state index contributed by atoms with van der Waals surface area (Å²) >= 11 is 11.2. The number of hydrogen-bond acceptors (Lipinski definition) is 1. The van der Waals surface area contributed by atoms with Crippen LogP contribution in [0.4, 0.5) is 26.3 Å². The fraction of sp³-hybridized carbons (Fsp3) is 0.455. The monoisotopic (exact) mass is 462 g/mol. The Labute approximate surface area is 137 Å². The lowest BCUT2D eigenvalue weighted by molar-refractivity contribution is -0.283. The van der Waals surface area contributed by atoms with Crippen molar-refractivity contribution in [3.05, 3.63) is 27.2 Å². The van der Waals surface area contributed by atoms with Gasteiger partial charge in [0.1, 0.15) is 5.75 Å². The first kappa shape index (κ1) is 18.9. The number of rotatable bonds is 3. The maximum atomic E-state index is 12.8. The summed E-state index contributed by atoms with van der Waals surface area (Å²) in [6, 6.07) is 2.30. The second-order valence-electron chi connectivity index (χ2n) is 3.97. The van der Waals surface area contributed by atoms with Crippen LogP contribution in [0.5, 0.6) is 5.75 Å². The Kier molecular flexibility index (Phi) is 5.88. The lowest BCUT2D eigenvalue weighted by Crippen LogP contribution is -2.39. The first-order valence-corrected chi connectivity index (χ1v) is 7.28. The fourth-order valence-corrected chi connectivity index (χ4v) is 3.63. The molecular weight excluding hydrogens is 457 g/mol. The van der Waals surface area contributed by atoms with Gasteiger partial charge in [-0.25, -0.2) is 0 Å². The first-order valence-electron chi connectivity index (χ1n) is 5.20. The number of hydrogen-bond donors (Lipinski definition) is 0. The van der Waals surface area contributed by atoms with E-state index in [1.165, 1.54) is 6.07 Å². The van der Waals surface area contributed by atoms with Crippen LogP contribution in [0.25, 0.3) is 0 Å². The van der Waals surface area contributed by atoms with Crippen molar-refractivity contribution in [1.29, 1.82) is 0 Å². The van der Waals surface area contributed by atoms with E-state index in [0.717, 1.165) is 13.2 Å². The fourth-order valence-electron chi connectivity index (χ4n) is 1.70. The summed E-state index contributed by atoms with van der Waals surface area (Å²) in [6.45, 7) is 0. The summed E-state index contributed by atoms with van der Waals surface area (Å²) in [6.07, 6.45) is -11.0. The molecule has 1 atom stereocenters. The molecule has 0 aliphatic heterocycles. The highest BCUT2D eigenvalue weighted by atomic mass is 79.9. The highest BCUT2D eigenvalue weighted by molar-refractivity contribution is 9.10. The van der Waals surface area contributed by atoms with Gasteiger partial charge in [-0.15, -0.1) is 0 Å². The van der Waals surface area contributed by atoms with Crippen LogP contribution in [0.1, 0.15) is 10.4 Å². The number of ether oxygens (including phenoxy) is 1. The first-order chi connectivity index (χ1) is 9.39. The molecule has 0 saturated carbocycles. The summed E-state index contributed by atoms with van der Waals surface area (Å²) in [5.41, 5.74) is -0.350. The molecule has 1 aromatic carbocycles. The third kappa shape index (κ3) is 4.41. The van der Waals surface area contributed by atoms with Crippen LogP contribution in [0.15, 0.2) is 16.6 Å². The van der Waals surface area contributed by atoms with Gasteiger partial charge in [-0.05, 0) is 28.1 Å². The zero-order valence-corrected chi connectivity index (χ0v) is 14.0. The predicted octanol–water partition coefficient (Wildman–Crippen LogP) is 6.29. The van der Waals surface area contributed by atoms with E-state index in [-0.39, 0.29) is 20.8 Å². The van der Waals surface area contributed by atoms with Crippen molar-refractivity contribution in [3.63, 3.8) is 0 Å². The van der Waals surface area contributed by atoms with Gasteiger partial charge in [-0.3, -0.25) is 0 Å². The van der Waals surface area contributed by atoms with Gasteiger partial charge in [0, 0.05) is 10.6 Å². The second kappa shape index (κ2) is 6.54. The molecule has 0 spiro atoms. The van der Waals surface area contributed by atoms with Crippen molar-refractivity contribution >= 4 is 43.5 Å². The van der Waals surface area contributed by atoms with Gasteiger partial charge in [0.05, 0.1) is 16.4 Å². The maximum absolute atomic E-state index is 12.8. The molecule has 0 aliphatic carbocycles. The molecular formula is C11H7Br2ClF6O. The van der Waals surface area contributed by atoms with Crippen LogP contribution in [0, 0.1) is 5.92 Å². The topological polar surface area (TPSA) is 9.23 Å². The Hall–Kier alpha value is -0.150. The molecule has 0 saturated heterocycles. The molecule has 1 rings (SSSR count).